The number of rotatable bonds is 4. The van der Waals surface area contributed by atoms with Gasteiger partial charge in [0.15, 0.2) is 0 Å². The van der Waals surface area contributed by atoms with Crippen LogP contribution in [0.3, 0.4) is 0 Å². The van der Waals surface area contributed by atoms with E-state index in [1.54, 1.807) is 6.07 Å². The van der Waals surface area contributed by atoms with Crippen LogP contribution in [0.25, 0.3) is 0 Å². The number of nitrogens with zero attached hydrogens (tertiary/aromatic N) is 2. The second kappa shape index (κ2) is 7.00. The van der Waals surface area contributed by atoms with Gasteiger partial charge in [-0.1, -0.05) is 6.92 Å². The third-order valence-electron chi connectivity index (χ3n) is 4.09. The first-order chi connectivity index (χ1) is 9.99. The summed E-state index contributed by atoms with van der Waals surface area (Å²) in [5, 5.41) is 9.03. The molecule has 2 rings (SSSR count). The molecule has 116 valence electrons. The second-order valence-electron chi connectivity index (χ2n) is 5.80. The monoisotopic (exact) mass is 294 g/mol. The molecule has 1 N–H and O–H groups in total. The fourth-order valence-electron chi connectivity index (χ4n) is 2.99. The molecule has 1 heterocycles. The highest BCUT2D eigenvalue weighted by atomic mass is 19.1. The molecule has 0 aliphatic carbocycles. The second-order valence-corrected chi connectivity index (χ2v) is 5.80. The van der Waals surface area contributed by atoms with E-state index in [-0.39, 0.29) is 5.56 Å². The lowest BCUT2D eigenvalue weighted by Crippen LogP contribution is -2.39. The lowest BCUT2D eigenvalue weighted by molar-refractivity contribution is 0.0696. The smallest absolute Gasteiger partial charge is 0.335 e. The van der Waals surface area contributed by atoms with Crippen molar-refractivity contribution in [1.82, 2.24) is 9.80 Å². The van der Waals surface area contributed by atoms with E-state index in [4.69, 9.17) is 5.11 Å². The number of aromatic carboxylic acids is 1. The van der Waals surface area contributed by atoms with Crippen LogP contribution < -0.4 is 0 Å². The Kier molecular flexibility index (Phi) is 5.31. The van der Waals surface area contributed by atoms with E-state index in [9.17, 15) is 9.18 Å². The summed E-state index contributed by atoms with van der Waals surface area (Å²) < 4.78 is 13.6. The maximum atomic E-state index is 13.6. The van der Waals surface area contributed by atoms with Gasteiger partial charge in [-0.25, -0.2) is 9.18 Å². The largest absolute Gasteiger partial charge is 0.478 e. The summed E-state index contributed by atoms with van der Waals surface area (Å²) in [5.74, 6) is -1.57. The van der Waals surface area contributed by atoms with Crippen molar-refractivity contribution < 1.29 is 14.3 Å². The zero-order chi connectivity index (χ0) is 15.4. The van der Waals surface area contributed by atoms with Crippen molar-refractivity contribution in [3.8, 4) is 0 Å². The lowest BCUT2D eigenvalue weighted by atomic mass is 10.1. The molecule has 0 radical (unpaired) electrons. The van der Waals surface area contributed by atoms with E-state index in [0.717, 1.165) is 44.1 Å². The molecule has 4 nitrogen and oxygen atoms in total. The van der Waals surface area contributed by atoms with E-state index in [1.807, 2.05) is 0 Å². The number of halogens is 1. The van der Waals surface area contributed by atoms with Gasteiger partial charge in [0.2, 0.25) is 0 Å². The first-order valence-electron chi connectivity index (χ1n) is 7.45. The third-order valence-corrected chi connectivity index (χ3v) is 4.09. The van der Waals surface area contributed by atoms with Crippen LogP contribution in [-0.4, -0.2) is 53.6 Å². The molecule has 1 aliphatic heterocycles. The summed E-state index contributed by atoms with van der Waals surface area (Å²) in [6.07, 6.45) is 2.11. The lowest BCUT2D eigenvalue weighted by Gasteiger charge is -2.30. The zero-order valence-electron chi connectivity index (χ0n) is 12.7. The average Bonchev–Trinajstić information content (AvgIpc) is 2.59. The van der Waals surface area contributed by atoms with Crippen molar-refractivity contribution in [2.24, 2.45) is 0 Å². The summed E-state index contributed by atoms with van der Waals surface area (Å²) in [6.45, 7) is 5.78. The first-order valence-corrected chi connectivity index (χ1v) is 7.45. The van der Waals surface area contributed by atoms with Crippen molar-refractivity contribution in [3.05, 3.63) is 35.1 Å². The van der Waals surface area contributed by atoms with Crippen LogP contribution >= 0.6 is 0 Å². The van der Waals surface area contributed by atoms with Crippen LogP contribution in [0.15, 0.2) is 18.2 Å². The van der Waals surface area contributed by atoms with Gasteiger partial charge in [-0.05, 0) is 50.2 Å². The first kappa shape index (κ1) is 15.9. The Morgan fingerprint density at radius 3 is 2.81 bits per heavy atom. The van der Waals surface area contributed by atoms with Gasteiger partial charge in [-0.2, -0.15) is 0 Å². The molecule has 5 heteroatoms. The van der Waals surface area contributed by atoms with Gasteiger partial charge in [-0.15, -0.1) is 0 Å². The Balaban J connectivity index is 2.17. The van der Waals surface area contributed by atoms with Crippen molar-refractivity contribution in [3.63, 3.8) is 0 Å². The Labute approximate surface area is 125 Å². The number of hydrogen-bond acceptors (Lipinski definition) is 3. The molecule has 0 aromatic heterocycles. The molecular weight excluding hydrogens is 271 g/mol. The van der Waals surface area contributed by atoms with Gasteiger partial charge in [0.25, 0.3) is 0 Å². The Bertz CT molecular complexity index is 507. The van der Waals surface area contributed by atoms with Crippen LogP contribution in [0.2, 0.25) is 0 Å². The number of carboxylic acids is 1. The van der Waals surface area contributed by atoms with Crippen LogP contribution in [0.5, 0.6) is 0 Å². The third kappa shape index (κ3) is 4.25. The van der Waals surface area contributed by atoms with Crippen LogP contribution in [0.4, 0.5) is 4.39 Å². The quantitative estimate of drug-likeness (QED) is 0.926. The minimum Gasteiger partial charge on any atom is -0.478 e. The van der Waals surface area contributed by atoms with E-state index < -0.39 is 11.8 Å². The highest BCUT2D eigenvalue weighted by molar-refractivity contribution is 5.87. The summed E-state index contributed by atoms with van der Waals surface area (Å²) in [7, 11) is 2.12. The van der Waals surface area contributed by atoms with Gasteiger partial charge in [0.05, 0.1) is 5.56 Å². The number of hydrogen-bond donors (Lipinski definition) is 1. The van der Waals surface area contributed by atoms with E-state index in [1.165, 1.54) is 6.07 Å². The molecule has 0 amide bonds. The van der Waals surface area contributed by atoms with Gasteiger partial charge >= 0.3 is 5.97 Å². The molecule has 1 aromatic rings. The molecule has 0 spiro atoms. The molecule has 1 aromatic carbocycles. The van der Waals surface area contributed by atoms with Gasteiger partial charge in [0.1, 0.15) is 5.82 Å². The summed E-state index contributed by atoms with van der Waals surface area (Å²) in [6, 6.07) is 4.51. The van der Waals surface area contributed by atoms with E-state index in [2.05, 4.69) is 23.8 Å². The topological polar surface area (TPSA) is 43.8 Å². The van der Waals surface area contributed by atoms with Crippen molar-refractivity contribution in [2.75, 3.05) is 26.7 Å². The molecule has 21 heavy (non-hydrogen) atoms. The fourth-order valence-corrected chi connectivity index (χ4v) is 2.99. The van der Waals surface area contributed by atoms with Crippen LogP contribution in [0.1, 0.15) is 35.7 Å². The SMILES string of the molecule is CCC1CN(C)CCCN1Cc1cc(F)cc(C(=O)O)c1. The average molecular weight is 294 g/mol. The molecular formula is C16H23FN2O2. The summed E-state index contributed by atoms with van der Waals surface area (Å²) in [5.41, 5.74) is 0.750. The fraction of sp³-hybridized carbons (Fsp3) is 0.562. The summed E-state index contributed by atoms with van der Waals surface area (Å²) >= 11 is 0. The highest BCUT2D eigenvalue weighted by Gasteiger charge is 2.22. The summed E-state index contributed by atoms with van der Waals surface area (Å²) in [4.78, 5) is 15.7. The van der Waals surface area contributed by atoms with Crippen LogP contribution in [0, 0.1) is 5.82 Å². The molecule has 1 fully saturated rings. The number of benzene rings is 1. The predicted molar refractivity (Wildman–Crippen MR) is 80.0 cm³/mol. The maximum absolute atomic E-state index is 13.6. The predicted octanol–water partition coefficient (Wildman–Crippen LogP) is 2.44. The van der Waals surface area contributed by atoms with E-state index >= 15 is 0 Å². The molecule has 1 saturated heterocycles. The van der Waals surface area contributed by atoms with Crippen molar-refractivity contribution >= 4 is 5.97 Å². The number of carbonyl (C=O) groups is 1. The van der Waals surface area contributed by atoms with Crippen molar-refractivity contribution in [2.45, 2.75) is 32.4 Å². The molecule has 0 bridgehead atoms. The standard InChI is InChI=1S/C16H23FN2O2/c1-3-15-11-18(2)5-4-6-19(15)10-12-7-13(16(20)21)9-14(17)8-12/h7-9,15H,3-6,10-11H2,1-2H3,(H,20,21). The van der Waals surface area contributed by atoms with Crippen LogP contribution in [-0.2, 0) is 6.54 Å². The maximum Gasteiger partial charge on any atom is 0.335 e. The van der Waals surface area contributed by atoms with Gasteiger partial charge < -0.3 is 10.0 Å². The minimum atomic E-state index is -1.08. The number of carboxylic acid groups (broad SMARTS) is 1. The molecule has 0 saturated carbocycles. The minimum absolute atomic E-state index is 0.0185. The van der Waals surface area contributed by atoms with E-state index in [0.29, 0.717) is 12.6 Å². The normalized spacial score (nSPS) is 21.2. The Morgan fingerprint density at radius 2 is 2.14 bits per heavy atom. The van der Waals surface area contributed by atoms with Crippen molar-refractivity contribution in [1.29, 1.82) is 0 Å². The van der Waals surface area contributed by atoms with Gasteiger partial charge in [-0.3, -0.25) is 4.90 Å². The molecule has 1 unspecified atom stereocenters. The molecule has 1 atom stereocenters. The van der Waals surface area contributed by atoms with Gasteiger partial charge in [0, 0.05) is 25.7 Å². The Morgan fingerprint density at radius 1 is 1.38 bits per heavy atom. The molecule has 1 aliphatic rings. The highest BCUT2D eigenvalue weighted by Crippen LogP contribution is 2.18. The zero-order valence-corrected chi connectivity index (χ0v) is 12.7. The Hall–Kier alpha value is -1.46. The number of likely N-dealkylation sites (N-methyl/N-ethyl adjacent to an activating group) is 1.